The average molecular weight is 285 g/mol. The number of nitrogens with zero attached hydrogens (tertiary/aromatic N) is 3. The molecule has 0 aliphatic heterocycles. The smallest absolute Gasteiger partial charge is 0.357 e. The molecule has 5 nitrogen and oxygen atoms in total. The molecule has 0 atom stereocenters. The summed E-state index contributed by atoms with van der Waals surface area (Å²) in [5.41, 5.74) is 2.02. The van der Waals surface area contributed by atoms with Gasteiger partial charge in [0.2, 0.25) is 0 Å². The SMILES string of the molecule is O=C(OCc1ccsc1)c1cc(-n2cccn2)ccn1. The molecule has 100 valence electrons. The third-order valence-electron chi connectivity index (χ3n) is 2.67. The molecule has 0 radical (unpaired) electrons. The minimum atomic E-state index is -0.440. The maximum absolute atomic E-state index is 12.0. The molecule has 3 rings (SSSR count). The minimum Gasteiger partial charge on any atom is -0.456 e. The van der Waals surface area contributed by atoms with Crippen molar-refractivity contribution < 1.29 is 9.53 Å². The van der Waals surface area contributed by atoms with Crippen molar-refractivity contribution in [1.29, 1.82) is 0 Å². The van der Waals surface area contributed by atoms with Crippen LogP contribution in [0.25, 0.3) is 5.69 Å². The van der Waals surface area contributed by atoms with Crippen LogP contribution in [0.3, 0.4) is 0 Å². The summed E-state index contributed by atoms with van der Waals surface area (Å²) in [5, 5.41) is 8.00. The Morgan fingerprint density at radius 2 is 2.30 bits per heavy atom. The number of carbonyl (C=O) groups is 1. The maximum atomic E-state index is 12.0. The lowest BCUT2D eigenvalue weighted by Gasteiger charge is -2.05. The molecule has 6 heteroatoms. The van der Waals surface area contributed by atoms with Gasteiger partial charge in [0.05, 0.1) is 5.69 Å². The van der Waals surface area contributed by atoms with E-state index in [0.29, 0.717) is 0 Å². The number of pyridine rings is 1. The second-order valence-corrected chi connectivity index (χ2v) is 4.84. The van der Waals surface area contributed by atoms with E-state index in [1.807, 2.05) is 22.9 Å². The van der Waals surface area contributed by atoms with Crippen molar-refractivity contribution in [2.75, 3.05) is 0 Å². The van der Waals surface area contributed by atoms with Gasteiger partial charge in [0.25, 0.3) is 0 Å². The zero-order valence-electron chi connectivity index (χ0n) is 10.5. The van der Waals surface area contributed by atoms with E-state index in [-0.39, 0.29) is 12.3 Å². The van der Waals surface area contributed by atoms with Crippen LogP contribution >= 0.6 is 11.3 Å². The number of carbonyl (C=O) groups excluding carboxylic acids is 1. The normalized spacial score (nSPS) is 10.4. The first kappa shape index (κ1) is 12.6. The van der Waals surface area contributed by atoms with E-state index in [4.69, 9.17) is 4.74 Å². The molecule has 0 bridgehead atoms. The van der Waals surface area contributed by atoms with E-state index in [1.54, 1.807) is 46.7 Å². The molecule has 0 saturated heterocycles. The van der Waals surface area contributed by atoms with E-state index < -0.39 is 5.97 Å². The average Bonchev–Trinajstić information content (AvgIpc) is 3.18. The quantitative estimate of drug-likeness (QED) is 0.692. The molecule has 0 N–H and O–H groups in total. The highest BCUT2D eigenvalue weighted by atomic mass is 32.1. The highest BCUT2D eigenvalue weighted by Gasteiger charge is 2.10. The highest BCUT2D eigenvalue weighted by molar-refractivity contribution is 7.07. The van der Waals surface area contributed by atoms with Gasteiger partial charge in [0, 0.05) is 24.2 Å². The fourth-order valence-corrected chi connectivity index (χ4v) is 2.35. The number of aromatic nitrogens is 3. The van der Waals surface area contributed by atoms with Gasteiger partial charge in [-0.2, -0.15) is 16.4 Å². The van der Waals surface area contributed by atoms with Crippen molar-refractivity contribution in [2.24, 2.45) is 0 Å². The standard InChI is InChI=1S/C14H11N3O2S/c18-14(19-9-11-3-7-20-10-11)13-8-12(2-5-15-13)17-6-1-4-16-17/h1-8,10H,9H2. The van der Waals surface area contributed by atoms with Crippen LogP contribution in [0.5, 0.6) is 0 Å². The Labute approximate surface area is 119 Å². The fraction of sp³-hybridized carbons (Fsp3) is 0.0714. The molecule has 0 aliphatic carbocycles. The highest BCUT2D eigenvalue weighted by Crippen LogP contribution is 2.11. The van der Waals surface area contributed by atoms with Crippen LogP contribution in [0.1, 0.15) is 16.1 Å². The monoisotopic (exact) mass is 285 g/mol. The van der Waals surface area contributed by atoms with Crippen LogP contribution in [0.4, 0.5) is 0 Å². The molecule has 0 unspecified atom stereocenters. The summed E-state index contributed by atoms with van der Waals surface area (Å²) in [4.78, 5) is 16.0. The van der Waals surface area contributed by atoms with E-state index >= 15 is 0 Å². The second kappa shape index (κ2) is 5.66. The number of thiophene rings is 1. The lowest BCUT2D eigenvalue weighted by molar-refractivity contribution is 0.0466. The van der Waals surface area contributed by atoms with Crippen LogP contribution in [-0.2, 0) is 11.3 Å². The van der Waals surface area contributed by atoms with E-state index in [1.165, 1.54) is 0 Å². The molecular weight excluding hydrogens is 274 g/mol. The molecule has 3 heterocycles. The van der Waals surface area contributed by atoms with Gasteiger partial charge in [-0.05, 0) is 35.0 Å². The molecule has 3 aromatic rings. The van der Waals surface area contributed by atoms with Gasteiger partial charge in [0.15, 0.2) is 5.69 Å². The van der Waals surface area contributed by atoms with Crippen LogP contribution in [0, 0.1) is 0 Å². The van der Waals surface area contributed by atoms with Crippen molar-refractivity contribution >= 4 is 17.3 Å². The first-order valence-corrected chi connectivity index (χ1v) is 6.91. The van der Waals surface area contributed by atoms with Gasteiger partial charge in [-0.15, -0.1) is 0 Å². The lowest BCUT2D eigenvalue weighted by Crippen LogP contribution is -2.08. The Balaban J connectivity index is 1.73. The number of esters is 1. The van der Waals surface area contributed by atoms with Crippen LogP contribution in [0.2, 0.25) is 0 Å². The largest absolute Gasteiger partial charge is 0.456 e. The van der Waals surface area contributed by atoms with E-state index in [9.17, 15) is 4.79 Å². The third kappa shape index (κ3) is 2.75. The van der Waals surface area contributed by atoms with Gasteiger partial charge in [-0.25, -0.2) is 14.5 Å². The summed E-state index contributed by atoms with van der Waals surface area (Å²) >= 11 is 1.57. The molecule has 0 saturated carbocycles. The summed E-state index contributed by atoms with van der Waals surface area (Å²) in [6, 6.07) is 7.17. The summed E-state index contributed by atoms with van der Waals surface area (Å²) in [6.07, 6.45) is 5.04. The van der Waals surface area contributed by atoms with Crippen LogP contribution in [-0.4, -0.2) is 20.7 Å². The number of rotatable bonds is 4. The summed E-state index contributed by atoms with van der Waals surface area (Å²) in [5.74, 6) is -0.440. The second-order valence-electron chi connectivity index (χ2n) is 4.06. The third-order valence-corrected chi connectivity index (χ3v) is 3.40. The Kier molecular flexibility index (Phi) is 3.56. The predicted octanol–water partition coefficient (Wildman–Crippen LogP) is 2.69. The van der Waals surface area contributed by atoms with E-state index in [0.717, 1.165) is 11.3 Å². The van der Waals surface area contributed by atoms with Gasteiger partial charge < -0.3 is 4.74 Å². The number of hydrogen-bond acceptors (Lipinski definition) is 5. The first-order chi connectivity index (χ1) is 9.83. The Morgan fingerprint density at radius 3 is 3.05 bits per heavy atom. The molecule has 0 amide bonds. The van der Waals surface area contributed by atoms with Crippen molar-refractivity contribution in [3.8, 4) is 5.69 Å². The molecule has 20 heavy (non-hydrogen) atoms. The van der Waals surface area contributed by atoms with Crippen molar-refractivity contribution in [3.05, 3.63) is 64.9 Å². The Bertz CT molecular complexity index is 693. The molecule has 0 aliphatic rings. The minimum absolute atomic E-state index is 0.260. The summed E-state index contributed by atoms with van der Waals surface area (Å²) in [7, 11) is 0. The van der Waals surface area contributed by atoms with Gasteiger partial charge in [0.1, 0.15) is 6.61 Å². The van der Waals surface area contributed by atoms with Crippen molar-refractivity contribution in [2.45, 2.75) is 6.61 Å². The van der Waals surface area contributed by atoms with Crippen LogP contribution < -0.4 is 0 Å². The molecular formula is C14H11N3O2S. The van der Waals surface area contributed by atoms with Crippen molar-refractivity contribution in [1.82, 2.24) is 14.8 Å². The summed E-state index contributed by atoms with van der Waals surface area (Å²) < 4.78 is 6.88. The first-order valence-electron chi connectivity index (χ1n) is 5.97. The molecule has 0 aromatic carbocycles. The number of hydrogen-bond donors (Lipinski definition) is 0. The molecule has 0 fully saturated rings. The zero-order valence-corrected chi connectivity index (χ0v) is 11.3. The maximum Gasteiger partial charge on any atom is 0.357 e. The Morgan fingerprint density at radius 1 is 1.35 bits per heavy atom. The Hall–Kier alpha value is -2.47. The van der Waals surface area contributed by atoms with Gasteiger partial charge in [-0.3, -0.25) is 0 Å². The van der Waals surface area contributed by atoms with Crippen molar-refractivity contribution in [3.63, 3.8) is 0 Å². The topological polar surface area (TPSA) is 57.0 Å². The zero-order chi connectivity index (χ0) is 13.8. The summed E-state index contributed by atoms with van der Waals surface area (Å²) in [6.45, 7) is 0.260. The van der Waals surface area contributed by atoms with Gasteiger partial charge >= 0.3 is 5.97 Å². The van der Waals surface area contributed by atoms with Crippen LogP contribution in [0.15, 0.2) is 53.6 Å². The van der Waals surface area contributed by atoms with E-state index in [2.05, 4.69) is 10.1 Å². The number of ether oxygens (including phenoxy) is 1. The molecule has 0 spiro atoms. The lowest BCUT2D eigenvalue weighted by atomic mass is 10.3. The fourth-order valence-electron chi connectivity index (χ4n) is 1.69. The van der Waals surface area contributed by atoms with Gasteiger partial charge in [-0.1, -0.05) is 0 Å². The predicted molar refractivity (Wildman–Crippen MR) is 74.8 cm³/mol. The molecule has 3 aromatic heterocycles.